The third-order valence-electron chi connectivity index (χ3n) is 5.54. The smallest absolute Gasteiger partial charge is 0.326 e. The highest BCUT2D eigenvalue weighted by Gasteiger charge is 2.26. The number of hydrogen-bond donors (Lipinski definition) is 1. The predicted octanol–water partition coefficient (Wildman–Crippen LogP) is 3.92. The summed E-state index contributed by atoms with van der Waals surface area (Å²) in [5.41, 5.74) is 2.26. The summed E-state index contributed by atoms with van der Waals surface area (Å²) in [7, 11) is 0. The standard InChI is InChI=1S/C22H22BrN3O3/c23-16-7-5-15(6-8-16)20(27)9-10-21(28)25-13-11-17(12-14-25)26-19-4-2-1-3-18(19)24-22(26)29/h1-8,17H,9-14H2,(H,24,29). The molecule has 150 valence electrons. The van der Waals surface area contributed by atoms with E-state index in [-0.39, 0.29) is 36.3 Å². The summed E-state index contributed by atoms with van der Waals surface area (Å²) >= 11 is 3.35. The number of carbonyl (C=O) groups is 2. The van der Waals surface area contributed by atoms with Gasteiger partial charge in [-0.3, -0.25) is 14.2 Å². The Bertz CT molecular complexity index is 1090. The molecule has 1 N–H and O–H groups in total. The number of nitrogens with zero attached hydrogens (tertiary/aromatic N) is 2. The van der Waals surface area contributed by atoms with Crippen LogP contribution in [0.2, 0.25) is 0 Å². The monoisotopic (exact) mass is 455 g/mol. The Balaban J connectivity index is 1.34. The van der Waals surface area contributed by atoms with Gasteiger partial charge in [0.25, 0.3) is 0 Å². The molecule has 7 heteroatoms. The minimum Gasteiger partial charge on any atom is -0.343 e. The van der Waals surface area contributed by atoms with Crippen LogP contribution in [-0.4, -0.2) is 39.2 Å². The van der Waals surface area contributed by atoms with Crippen molar-refractivity contribution < 1.29 is 9.59 Å². The summed E-state index contributed by atoms with van der Waals surface area (Å²) in [5, 5.41) is 0. The molecule has 0 spiro atoms. The van der Waals surface area contributed by atoms with Gasteiger partial charge in [-0.25, -0.2) is 4.79 Å². The fourth-order valence-corrected chi connectivity index (χ4v) is 4.23. The van der Waals surface area contributed by atoms with Crippen molar-refractivity contribution in [3.63, 3.8) is 0 Å². The second kappa shape index (κ2) is 8.37. The van der Waals surface area contributed by atoms with E-state index in [1.54, 1.807) is 12.1 Å². The van der Waals surface area contributed by atoms with Crippen LogP contribution in [0, 0.1) is 0 Å². The second-order valence-electron chi connectivity index (χ2n) is 7.36. The molecule has 1 fully saturated rings. The van der Waals surface area contributed by atoms with E-state index in [1.807, 2.05) is 45.9 Å². The van der Waals surface area contributed by atoms with Crippen LogP contribution in [0.5, 0.6) is 0 Å². The average molecular weight is 456 g/mol. The van der Waals surface area contributed by atoms with E-state index in [2.05, 4.69) is 20.9 Å². The van der Waals surface area contributed by atoms with Gasteiger partial charge in [0.05, 0.1) is 11.0 Å². The van der Waals surface area contributed by atoms with E-state index in [0.717, 1.165) is 28.3 Å². The SMILES string of the molecule is O=C(CCC(=O)N1CCC(n2c(=O)[nH]c3ccccc32)CC1)c1ccc(Br)cc1. The third kappa shape index (κ3) is 4.19. The van der Waals surface area contributed by atoms with Gasteiger partial charge >= 0.3 is 5.69 Å². The van der Waals surface area contributed by atoms with Crippen molar-refractivity contribution in [2.75, 3.05) is 13.1 Å². The lowest BCUT2D eigenvalue weighted by Crippen LogP contribution is -2.40. The Morgan fingerprint density at radius 3 is 2.41 bits per heavy atom. The van der Waals surface area contributed by atoms with Crippen LogP contribution < -0.4 is 5.69 Å². The number of imidazole rings is 1. The maximum Gasteiger partial charge on any atom is 0.326 e. The van der Waals surface area contributed by atoms with Gasteiger partial charge in [0.2, 0.25) is 5.91 Å². The first kappa shape index (κ1) is 19.6. The maximum atomic E-state index is 12.6. The van der Waals surface area contributed by atoms with Crippen LogP contribution in [-0.2, 0) is 4.79 Å². The van der Waals surface area contributed by atoms with Crippen molar-refractivity contribution in [1.29, 1.82) is 0 Å². The molecule has 1 aliphatic heterocycles. The number of rotatable bonds is 5. The summed E-state index contributed by atoms with van der Waals surface area (Å²) in [5.74, 6) is -0.0220. The molecule has 1 aliphatic rings. The highest BCUT2D eigenvalue weighted by Crippen LogP contribution is 2.25. The van der Waals surface area contributed by atoms with Gasteiger partial charge in [-0.2, -0.15) is 0 Å². The van der Waals surface area contributed by atoms with Gasteiger partial charge in [0.15, 0.2) is 5.78 Å². The van der Waals surface area contributed by atoms with E-state index in [9.17, 15) is 14.4 Å². The van der Waals surface area contributed by atoms with Crippen LogP contribution in [0.25, 0.3) is 11.0 Å². The summed E-state index contributed by atoms with van der Waals surface area (Å²) < 4.78 is 2.73. The van der Waals surface area contributed by atoms with Crippen molar-refractivity contribution in [3.05, 3.63) is 69.1 Å². The normalized spacial score (nSPS) is 15.0. The second-order valence-corrected chi connectivity index (χ2v) is 8.28. The molecule has 0 atom stereocenters. The Labute approximate surface area is 176 Å². The Hall–Kier alpha value is -2.67. The number of aromatic amines is 1. The molecule has 0 radical (unpaired) electrons. The predicted molar refractivity (Wildman–Crippen MR) is 115 cm³/mol. The van der Waals surface area contributed by atoms with E-state index in [0.29, 0.717) is 18.7 Å². The molecule has 1 aromatic heterocycles. The number of fused-ring (bicyclic) bond motifs is 1. The molecule has 1 saturated heterocycles. The fraction of sp³-hybridized carbons (Fsp3) is 0.318. The zero-order chi connectivity index (χ0) is 20.4. The van der Waals surface area contributed by atoms with Crippen molar-refractivity contribution in [2.24, 2.45) is 0 Å². The van der Waals surface area contributed by atoms with Gasteiger partial charge in [-0.1, -0.05) is 40.2 Å². The number of para-hydroxylation sites is 2. The molecular formula is C22H22BrN3O3. The number of ketones is 1. The van der Waals surface area contributed by atoms with Crippen molar-refractivity contribution in [2.45, 2.75) is 31.7 Å². The van der Waals surface area contributed by atoms with Gasteiger partial charge in [0, 0.05) is 42.0 Å². The van der Waals surface area contributed by atoms with Crippen LogP contribution >= 0.6 is 15.9 Å². The number of H-pyrrole nitrogens is 1. The number of nitrogens with one attached hydrogen (secondary N) is 1. The quantitative estimate of drug-likeness (QED) is 0.592. The zero-order valence-corrected chi connectivity index (χ0v) is 17.5. The van der Waals surface area contributed by atoms with Gasteiger partial charge in [0.1, 0.15) is 0 Å². The molecular weight excluding hydrogens is 434 g/mol. The lowest BCUT2D eigenvalue weighted by atomic mass is 10.0. The Morgan fingerprint density at radius 2 is 1.69 bits per heavy atom. The van der Waals surface area contributed by atoms with Crippen LogP contribution in [0.15, 0.2) is 57.8 Å². The average Bonchev–Trinajstić information content (AvgIpc) is 3.08. The summed E-state index contributed by atoms with van der Waals surface area (Å²) in [6.07, 6.45) is 1.89. The van der Waals surface area contributed by atoms with Gasteiger partial charge in [-0.05, 0) is 37.1 Å². The lowest BCUT2D eigenvalue weighted by molar-refractivity contribution is -0.132. The number of benzene rings is 2. The Kier molecular flexibility index (Phi) is 5.67. The van der Waals surface area contributed by atoms with E-state index in [1.165, 1.54) is 0 Å². The van der Waals surface area contributed by atoms with Crippen molar-refractivity contribution >= 4 is 38.7 Å². The molecule has 2 aromatic carbocycles. The maximum absolute atomic E-state index is 12.6. The summed E-state index contributed by atoms with van der Waals surface area (Å²) in [6, 6.07) is 14.9. The largest absolute Gasteiger partial charge is 0.343 e. The van der Waals surface area contributed by atoms with Crippen LogP contribution in [0.1, 0.15) is 42.1 Å². The van der Waals surface area contributed by atoms with E-state index in [4.69, 9.17) is 0 Å². The molecule has 4 rings (SSSR count). The molecule has 0 aliphatic carbocycles. The molecule has 6 nitrogen and oxygen atoms in total. The van der Waals surface area contributed by atoms with Crippen LogP contribution in [0.3, 0.4) is 0 Å². The number of aromatic nitrogens is 2. The third-order valence-corrected chi connectivity index (χ3v) is 6.07. The minimum absolute atomic E-state index is 0.000172. The molecule has 0 unspecified atom stereocenters. The topological polar surface area (TPSA) is 75.2 Å². The number of Topliss-reactive ketones (excluding diaryl/α,β-unsaturated/α-hetero) is 1. The highest BCUT2D eigenvalue weighted by molar-refractivity contribution is 9.10. The highest BCUT2D eigenvalue weighted by atomic mass is 79.9. The molecule has 3 aromatic rings. The number of amides is 1. The first-order chi connectivity index (χ1) is 14.0. The Morgan fingerprint density at radius 1 is 1.00 bits per heavy atom. The summed E-state index contributed by atoms with van der Waals surface area (Å²) in [6.45, 7) is 1.20. The fourth-order valence-electron chi connectivity index (χ4n) is 3.97. The van der Waals surface area contributed by atoms with Gasteiger partial charge in [-0.15, -0.1) is 0 Å². The first-order valence-electron chi connectivity index (χ1n) is 9.79. The number of halogens is 1. The van der Waals surface area contributed by atoms with Gasteiger partial charge < -0.3 is 9.88 Å². The first-order valence-corrected chi connectivity index (χ1v) is 10.6. The number of piperidine rings is 1. The van der Waals surface area contributed by atoms with E-state index < -0.39 is 0 Å². The van der Waals surface area contributed by atoms with Crippen molar-refractivity contribution in [3.8, 4) is 0 Å². The molecule has 0 saturated carbocycles. The molecule has 1 amide bonds. The molecule has 29 heavy (non-hydrogen) atoms. The molecule has 2 heterocycles. The van der Waals surface area contributed by atoms with Crippen LogP contribution in [0.4, 0.5) is 0 Å². The lowest BCUT2D eigenvalue weighted by Gasteiger charge is -2.32. The van der Waals surface area contributed by atoms with Crippen molar-refractivity contribution in [1.82, 2.24) is 14.5 Å². The minimum atomic E-state index is -0.101. The molecule has 0 bridgehead atoms. The number of hydrogen-bond acceptors (Lipinski definition) is 3. The van der Waals surface area contributed by atoms with E-state index >= 15 is 0 Å². The zero-order valence-electron chi connectivity index (χ0n) is 15.9. The summed E-state index contributed by atoms with van der Waals surface area (Å²) in [4.78, 5) is 41.9. The number of likely N-dealkylation sites (tertiary alicyclic amines) is 1. The number of carbonyl (C=O) groups excluding carboxylic acids is 2.